The summed E-state index contributed by atoms with van der Waals surface area (Å²) in [6.45, 7) is 1.86. The molecule has 0 aliphatic rings. The molecule has 0 aliphatic carbocycles. The summed E-state index contributed by atoms with van der Waals surface area (Å²) in [6.07, 6.45) is 1.47. The van der Waals surface area contributed by atoms with Crippen LogP contribution >= 0.6 is 0 Å². The highest BCUT2D eigenvalue weighted by atomic mass is 19.1. The maximum Gasteiger partial charge on any atom is 0.267 e. The van der Waals surface area contributed by atoms with Crippen molar-refractivity contribution in [2.45, 2.75) is 6.92 Å². The fourth-order valence-electron chi connectivity index (χ4n) is 2.77. The molecular weight excluding hydrogens is 307 g/mol. The first-order chi connectivity index (χ1) is 11.6. The number of rotatable bonds is 2. The molecule has 6 heteroatoms. The summed E-state index contributed by atoms with van der Waals surface area (Å²) in [7, 11) is 0. The van der Waals surface area contributed by atoms with Crippen molar-refractivity contribution in [2.24, 2.45) is 0 Å². The number of nitrogens with one attached hydrogen (secondary N) is 1. The van der Waals surface area contributed by atoms with Crippen LogP contribution in [-0.2, 0) is 0 Å². The molecule has 0 unspecified atom stereocenters. The van der Waals surface area contributed by atoms with Crippen molar-refractivity contribution in [3.05, 3.63) is 76.7 Å². The van der Waals surface area contributed by atoms with E-state index in [9.17, 15) is 9.18 Å². The number of benzene rings is 2. The van der Waals surface area contributed by atoms with Gasteiger partial charge in [-0.25, -0.2) is 13.9 Å². The van der Waals surface area contributed by atoms with Gasteiger partial charge in [-0.1, -0.05) is 24.3 Å². The molecule has 0 aliphatic heterocycles. The predicted molar refractivity (Wildman–Crippen MR) is 89.6 cm³/mol. The summed E-state index contributed by atoms with van der Waals surface area (Å²) >= 11 is 0. The van der Waals surface area contributed by atoms with E-state index in [1.165, 1.54) is 23.0 Å². The molecular formula is C18H13FN4O. The standard InChI is InChI=1S/C18H13FN4O/c1-11-16(12-6-8-13(19)9-7-12)17(22-21-11)23-10-20-15-5-3-2-4-14(15)18(23)24/h2-10H,1H3,(H,21,22). The van der Waals surface area contributed by atoms with Gasteiger partial charge in [-0.05, 0) is 36.8 Å². The van der Waals surface area contributed by atoms with Crippen LogP contribution in [0.15, 0.2) is 59.7 Å². The highest BCUT2D eigenvalue weighted by Crippen LogP contribution is 2.28. The Morgan fingerprint density at radius 1 is 1.08 bits per heavy atom. The van der Waals surface area contributed by atoms with E-state index in [4.69, 9.17) is 0 Å². The lowest BCUT2D eigenvalue weighted by Gasteiger charge is -2.07. The van der Waals surface area contributed by atoms with Crippen molar-refractivity contribution >= 4 is 10.9 Å². The lowest BCUT2D eigenvalue weighted by Crippen LogP contribution is -2.19. The lowest BCUT2D eigenvalue weighted by molar-refractivity contribution is 0.628. The molecule has 0 atom stereocenters. The maximum atomic E-state index is 13.2. The van der Waals surface area contributed by atoms with E-state index < -0.39 is 0 Å². The Hall–Kier alpha value is -3.28. The lowest BCUT2D eigenvalue weighted by atomic mass is 10.1. The Morgan fingerprint density at radius 3 is 2.62 bits per heavy atom. The van der Waals surface area contributed by atoms with Gasteiger partial charge in [-0.3, -0.25) is 9.89 Å². The zero-order valence-electron chi connectivity index (χ0n) is 12.8. The summed E-state index contributed by atoms with van der Waals surface area (Å²) in [5, 5.41) is 7.67. The summed E-state index contributed by atoms with van der Waals surface area (Å²) in [5.74, 6) is 0.133. The second kappa shape index (κ2) is 5.42. The van der Waals surface area contributed by atoms with E-state index >= 15 is 0 Å². The average Bonchev–Trinajstić information content (AvgIpc) is 2.98. The zero-order chi connectivity index (χ0) is 16.7. The van der Waals surface area contributed by atoms with E-state index in [-0.39, 0.29) is 11.4 Å². The van der Waals surface area contributed by atoms with Crippen LogP contribution in [0, 0.1) is 12.7 Å². The molecule has 24 heavy (non-hydrogen) atoms. The first-order valence-electron chi connectivity index (χ1n) is 7.43. The highest BCUT2D eigenvalue weighted by molar-refractivity contribution is 5.78. The SMILES string of the molecule is Cc1[nH]nc(-n2cnc3ccccc3c2=O)c1-c1ccc(F)cc1. The Kier molecular flexibility index (Phi) is 3.23. The normalized spacial score (nSPS) is 11.1. The molecule has 4 rings (SSSR count). The van der Waals surface area contributed by atoms with Crippen LogP contribution in [-0.4, -0.2) is 19.7 Å². The Bertz CT molecular complexity index is 1100. The van der Waals surface area contributed by atoms with Gasteiger partial charge in [0.05, 0.1) is 10.9 Å². The van der Waals surface area contributed by atoms with Gasteiger partial charge in [0.25, 0.3) is 5.56 Å². The third kappa shape index (κ3) is 2.20. The fraction of sp³-hybridized carbons (Fsp3) is 0.0556. The third-order valence-corrected chi connectivity index (χ3v) is 3.95. The van der Waals surface area contributed by atoms with Crippen molar-refractivity contribution in [1.82, 2.24) is 19.7 Å². The summed E-state index contributed by atoms with van der Waals surface area (Å²) < 4.78 is 14.6. The van der Waals surface area contributed by atoms with E-state index in [0.717, 1.165) is 16.8 Å². The number of para-hydroxylation sites is 1. The van der Waals surface area contributed by atoms with Gasteiger partial charge in [0.15, 0.2) is 5.82 Å². The van der Waals surface area contributed by atoms with Gasteiger partial charge < -0.3 is 0 Å². The van der Waals surface area contributed by atoms with Gasteiger partial charge >= 0.3 is 0 Å². The number of halogens is 1. The number of aromatic nitrogens is 4. The minimum atomic E-state index is -0.314. The van der Waals surface area contributed by atoms with Crippen LogP contribution in [0.3, 0.4) is 0 Å². The molecule has 0 saturated carbocycles. The first-order valence-corrected chi connectivity index (χ1v) is 7.43. The summed E-state index contributed by atoms with van der Waals surface area (Å²) in [5.41, 5.74) is 2.74. The number of hydrogen-bond donors (Lipinski definition) is 1. The Morgan fingerprint density at radius 2 is 1.83 bits per heavy atom. The molecule has 0 radical (unpaired) electrons. The van der Waals surface area contributed by atoms with Crippen LogP contribution in [0.1, 0.15) is 5.69 Å². The van der Waals surface area contributed by atoms with E-state index in [1.54, 1.807) is 30.3 Å². The van der Waals surface area contributed by atoms with Gasteiger partial charge in [-0.15, -0.1) is 0 Å². The first kappa shape index (κ1) is 14.3. The molecule has 2 aromatic heterocycles. The molecule has 1 N–H and O–H groups in total. The van der Waals surface area contributed by atoms with Crippen molar-refractivity contribution in [1.29, 1.82) is 0 Å². The molecule has 0 amide bonds. The van der Waals surface area contributed by atoms with Gasteiger partial charge in [0, 0.05) is 11.3 Å². The summed E-state index contributed by atoms with van der Waals surface area (Å²) in [4.78, 5) is 17.1. The molecule has 4 aromatic rings. The van der Waals surface area contributed by atoms with E-state index in [2.05, 4.69) is 15.2 Å². The van der Waals surface area contributed by atoms with Crippen LogP contribution in [0.5, 0.6) is 0 Å². The Balaban J connectivity index is 1.97. The van der Waals surface area contributed by atoms with Gasteiger partial charge in [0.2, 0.25) is 0 Å². The monoisotopic (exact) mass is 320 g/mol. The average molecular weight is 320 g/mol. The van der Waals surface area contributed by atoms with Gasteiger partial charge in [-0.2, -0.15) is 5.10 Å². The van der Waals surface area contributed by atoms with Crippen molar-refractivity contribution in [2.75, 3.05) is 0 Å². The second-order valence-electron chi connectivity index (χ2n) is 5.49. The van der Waals surface area contributed by atoms with Crippen LogP contribution in [0.25, 0.3) is 27.8 Å². The molecule has 2 aromatic carbocycles. The largest absolute Gasteiger partial charge is 0.280 e. The van der Waals surface area contributed by atoms with Crippen LogP contribution in [0.4, 0.5) is 4.39 Å². The van der Waals surface area contributed by atoms with Gasteiger partial charge in [0.1, 0.15) is 12.1 Å². The third-order valence-electron chi connectivity index (χ3n) is 3.95. The summed E-state index contributed by atoms with van der Waals surface area (Å²) in [6, 6.07) is 13.2. The second-order valence-corrected chi connectivity index (χ2v) is 5.49. The minimum absolute atomic E-state index is 0.199. The van der Waals surface area contributed by atoms with Crippen molar-refractivity contribution in [3.8, 4) is 16.9 Å². The zero-order valence-corrected chi connectivity index (χ0v) is 12.8. The number of nitrogens with zero attached hydrogens (tertiary/aromatic N) is 3. The molecule has 118 valence electrons. The quantitative estimate of drug-likeness (QED) is 0.617. The number of fused-ring (bicyclic) bond motifs is 1. The van der Waals surface area contributed by atoms with Crippen LogP contribution in [0.2, 0.25) is 0 Å². The topological polar surface area (TPSA) is 63.6 Å². The number of hydrogen-bond acceptors (Lipinski definition) is 3. The van der Waals surface area contributed by atoms with E-state index in [1.807, 2.05) is 13.0 Å². The molecule has 0 fully saturated rings. The molecule has 0 spiro atoms. The number of H-pyrrole nitrogens is 1. The predicted octanol–water partition coefficient (Wildman–Crippen LogP) is 3.22. The molecule has 0 saturated heterocycles. The maximum absolute atomic E-state index is 13.2. The highest BCUT2D eigenvalue weighted by Gasteiger charge is 2.16. The molecule has 5 nitrogen and oxygen atoms in total. The fourth-order valence-corrected chi connectivity index (χ4v) is 2.77. The Labute approximate surface area is 136 Å². The van der Waals surface area contributed by atoms with E-state index in [0.29, 0.717) is 16.7 Å². The molecule has 0 bridgehead atoms. The molecule has 2 heterocycles. The van der Waals surface area contributed by atoms with Crippen LogP contribution < -0.4 is 5.56 Å². The minimum Gasteiger partial charge on any atom is -0.280 e. The number of aromatic amines is 1. The van der Waals surface area contributed by atoms with Crippen molar-refractivity contribution in [3.63, 3.8) is 0 Å². The van der Waals surface area contributed by atoms with Crippen molar-refractivity contribution < 1.29 is 4.39 Å². The number of aryl methyl sites for hydroxylation is 1. The smallest absolute Gasteiger partial charge is 0.267 e.